The van der Waals surface area contributed by atoms with Gasteiger partial charge in [0.2, 0.25) is 0 Å². The molecule has 30 heavy (non-hydrogen) atoms. The monoisotopic (exact) mass is 405 g/mol. The quantitative estimate of drug-likeness (QED) is 0.589. The number of pyridine rings is 2. The smallest absolute Gasteiger partial charge is 0.337 e. The molecular weight excluding hydrogens is 378 g/mol. The van der Waals surface area contributed by atoms with Crippen molar-refractivity contribution in [3.05, 3.63) is 60.0 Å². The second-order valence-corrected chi connectivity index (χ2v) is 6.90. The molecule has 1 saturated heterocycles. The van der Waals surface area contributed by atoms with Crippen molar-refractivity contribution in [2.45, 2.75) is 33.1 Å². The van der Waals surface area contributed by atoms with Gasteiger partial charge in [-0.15, -0.1) is 0 Å². The van der Waals surface area contributed by atoms with Crippen LogP contribution in [0.1, 0.15) is 53.8 Å². The lowest BCUT2D eigenvalue weighted by Gasteiger charge is -2.26. The lowest BCUT2D eigenvalue weighted by Crippen LogP contribution is -2.35. The molecule has 3 aromatic rings. The third-order valence-electron chi connectivity index (χ3n) is 5.12. The largest absolute Gasteiger partial charge is 0.465 e. The van der Waals surface area contributed by atoms with E-state index in [1.807, 2.05) is 36.9 Å². The number of hydrogen-bond acceptors (Lipinski definition) is 5. The maximum Gasteiger partial charge on any atom is 0.337 e. The number of nitrogens with zero attached hydrogens (tertiary/aromatic N) is 3. The minimum atomic E-state index is -0.376. The van der Waals surface area contributed by atoms with Gasteiger partial charge in [0, 0.05) is 36.4 Å². The van der Waals surface area contributed by atoms with Gasteiger partial charge in [-0.1, -0.05) is 26.0 Å². The molecule has 4 rings (SSSR count). The van der Waals surface area contributed by atoms with E-state index in [0.29, 0.717) is 11.1 Å². The number of piperidine rings is 1. The molecule has 1 aliphatic heterocycles. The van der Waals surface area contributed by atoms with Gasteiger partial charge in [0.05, 0.1) is 30.0 Å². The summed E-state index contributed by atoms with van der Waals surface area (Å²) >= 11 is 0. The topological polar surface area (TPSA) is 72.4 Å². The molecular formula is C24H27N3O3. The van der Waals surface area contributed by atoms with Crippen molar-refractivity contribution in [2.24, 2.45) is 0 Å². The predicted molar refractivity (Wildman–Crippen MR) is 117 cm³/mol. The molecule has 1 amide bonds. The molecule has 0 N–H and O–H groups in total. The van der Waals surface area contributed by atoms with E-state index in [1.54, 1.807) is 30.7 Å². The van der Waals surface area contributed by atoms with E-state index in [9.17, 15) is 9.59 Å². The van der Waals surface area contributed by atoms with E-state index < -0.39 is 0 Å². The molecule has 156 valence electrons. The molecule has 1 aliphatic rings. The van der Waals surface area contributed by atoms with Crippen LogP contribution in [0.3, 0.4) is 0 Å². The molecule has 0 aliphatic carbocycles. The van der Waals surface area contributed by atoms with Crippen molar-refractivity contribution in [3.63, 3.8) is 0 Å². The Hall–Kier alpha value is -3.28. The minimum Gasteiger partial charge on any atom is -0.465 e. The van der Waals surface area contributed by atoms with Gasteiger partial charge in [-0.3, -0.25) is 14.8 Å². The maximum atomic E-state index is 12.9. The minimum absolute atomic E-state index is 0.0258. The van der Waals surface area contributed by atoms with E-state index in [2.05, 4.69) is 9.97 Å². The van der Waals surface area contributed by atoms with Crippen LogP contribution < -0.4 is 0 Å². The van der Waals surface area contributed by atoms with Crippen molar-refractivity contribution in [1.82, 2.24) is 14.9 Å². The summed E-state index contributed by atoms with van der Waals surface area (Å²) < 4.78 is 4.75. The van der Waals surface area contributed by atoms with Gasteiger partial charge in [-0.25, -0.2) is 4.79 Å². The fraction of sp³-hybridized carbons (Fsp3) is 0.333. The number of fused-ring (bicyclic) bond motifs is 1. The SMILES string of the molecule is CC.COC(=O)c1ccc(-c2cncc3ncc(C(=O)N4CCCCC4)cc23)cc1. The van der Waals surface area contributed by atoms with Crippen LogP contribution in [0.15, 0.2) is 48.9 Å². The van der Waals surface area contributed by atoms with E-state index in [0.717, 1.165) is 48.0 Å². The highest BCUT2D eigenvalue weighted by Crippen LogP contribution is 2.28. The molecule has 6 heteroatoms. The number of rotatable bonds is 3. The summed E-state index contributed by atoms with van der Waals surface area (Å²) in [5.41, 5.74) is 3.57. The predicted octanol–water partition coefficient (Wildman–Crippen LogP) is 4.74. The van der Waals surface area contributed by atoms with Gasteiger partial charge in [0.1, 0.15) is 0 Å². The third kappa shape index (κ3) is 4.48. The van der Waals surface area contributed by atoms with Crippen LogP contribution in [0, 0.1) is 0 Å². The van der Waals surface area contributed by atoms with Gasteiger partial charge >= 0.3 is 5.97 Å². The number of carbonyl (C=O) groups excluding carboxylic acids is 2. The number of methoxy groups -OCH3 is 1. The molecule has 1 aromatic carbocycles. The Morgan fingerprint density at radius 3 is 2.30 bits per heavy atom. The fourth-order valence-electron chi connectivity index (χ4n) is 3.58. The molecule has 0 bridgehead atoms. The zero-order chi connectivity index (χ0) is 21.5. The second kappa shape index (κ2) is 9.96. The highest BCUT2D eigenvalue weighted by atomic mass is 16.5. The van der Waals surface area contributed by atoms with Gasteiger partial charge in [0.25, 0.3) is 5.91 Å². The second-order valence-electron chi connectivity index (χ2n) is 6.90. The molecule has 6 nitrogen and oxygen atoms in total. The molecule has 0 unspecified atom stereocenters. The van der Waals surface area contributed by atoms with E-state index in [-0.39, 0.29) is 11.9 Å². The first-order chi connectivity index (χ1) is 14.7. The first-order valence-electron chi connectivity index (χ1n) is 10.4. The Morgan fingerprint density at radius 2 is 1.63 bits per heavy atom. The molecule has 2 aromatic heterocycles. The van der Waals surface area contributed by atoms with Gasteiger partial charge in [-0.05, 0) is 43.0 Å². The number of ether oxygens (including phenoxy) is 1. The molecule has 0 radical (unpaired) electrons. The molecule has 0 saturated carbocycles. The summed E-state index contributed by atoms with van der Waals surface area (Å²) in [6.45, 7) is 5.60. The first kappa shape index (κ1) is 21.4. The van der Waals surface area contributed by atoms with E-state index >= 15 is 0 Å². The third-order valence-corrected chi connectivity index (χ3v) is 5.12. The zero-order valence-corrected chi connectivity index (χ0v) is 17.7. The molecule has 0 atom stereocenters. The van der Waals surface area contributed by atoms with Crippen molar-refractivity contribution < 1.29 is 14.3 Å². The molecule has 0 spiro atoms. The molecule has 1 fully saturated rings. The number of aromatic nitrogens is 2. The van der Waals surface area contributed by atoms with Crippen LogP contribution in [0.5, 0.6) is 0 Å². The summed E-state index contributed by atoms with van der Waals surface area (Å²) in [7, 11) is 1.36. The maximum absolute atomic E-state index is 12.9. The van der Waals surface area contributed by atoms with Crippen molar-refractivity contribution in [2.75, 3.05) is 20.2 Å². The number of hydrogen-bond donors (Lipinski definition) is 0. The normalized spacial score (nSPS) is 13.4. The van der Waals surface area contributed by atoms with Crippen LogP contribution in [0.25, 0.3) is 22.0 Å². The number of benzene rings is 1. The lowest BCUT2D eigenvalue weighted by molar-refractivity contribution is 0.0600. The van der Waals surface area contributed by atoms with Crippen LogP contribution in [-0.2, 0) is 4.74 Å². The Morgan fingerprint density at radius 1 is 0.933 bits per heavy atom. The number of amides is 1. The summed E-state index contributed by atoms with van der Waals surface area (Å²) in [5, 5.41) is 0.865. The zero-order valence-electron chi connectivity index (χ0n) is 17.7. The van der Waals surface area contributed by atoms with Crippen LogP contribution in [-0.4, -0.2) is 46.9 Å². The van der Waals surface area contributed by atoms with Crippen LogP contribution in [0.2, 0.25) is 0 Å². The first-order valence-corrected chi connectivity index (χ1v) is 10.4. The standard InChI is InChI=1S/C22H21N3O3.C2H6/c1-28-22(27)16-7-5-15(6-8-16)19-13-23-14-20-18(19)11-17(12-24-20)21(26)25-9-3-2-4-10-25;1-2/h5-8,11-14H,2-4,9-10H2,1H3;1-2H3. The van der Waals surface area contributed by atoms with Gasteiger partial charge < -0.3 is 9.64 Å². The fourth-order valence-corrected chi connectivity index (χ4v) is 3.58. The van der Waals surface area contributed by atoms with Gasteiger partial charge in [-0.2, -0.15) is 0 Å². The average Bonchev–Trinajstić information content (AvgIpc) is 2.84. The highest BCUT2D eigenvalue weighted by Gasteiger charge is 2.19. The Balaban J connectivity index is 0.00000124. The van der Waals surface area contributed by atoms with Crippen LogP contribution in [0.4, 0.5) is 0 Å². The number of carbonyl (C=O) groups is 2. The summed E-state index contributed by atoms with van der Waals surface area (Å²) in [6, 6.07) is 9.03. The van der Waals surface area contributed by atoms with E-state index in [4.69, 9.17) is 4.74 Å². The van der Waals surface area contributed by atoms with Crippen molar-refractivity contribution in [1.29, 1.82) is 0 Å². The Kier molecular flexibility index (Phi) is 7.12. The van der Waals surface area contributed by atoms with E-state index in [1.165, 1.54) is 13.5 Å². The Bertz CT molecular complexity index is 1030. The highest BCUT2D eigenvalue weighted by molar-refractivity contribution is 6.01. The van der Waals surface area contributed by atoms with Crippen molar-refractivity contribution in [3.8, 4) is 11.1 Å². The summed E-state index contributed by atoms with van der Waals surface area (Å²) in [5.74, 6) is -0.350. The Labute approximate surface area is 176 Å². The van der Waals surface area contributed by atoms with Crippen molar-refractivity contribution >= 4 is 22.8 Å². The lowest BCUT2D eigenvalue weighted by atomic mass is 10.0. The number of likely N-dealkylation sites (tertiary alicyclic amines) is 1. The summed E-state index contributed by atoms with van der Waals surface area (Å²) in [6.07, 6.45) is 8.36. The number of esters is 1. The molecule has 3 heterocycles. The van der Waals surface area contributed by atoms with Crippen LogP contribution >= 0.6 is 0 Å². The summed E-state index contributed by atoms with van der Waals surface area (Å²) in [4.78, 5) is 35.2. The average molecular weight is 405 g/mol. The van der Waals surface area contributed by atoms with Gasteiger partial charge in [0.15, 0.2) is 0 Å².